The average Bonchev–Trinajstić information content (AvgIpc) is 3.08. The van der Waals surface area contributed by atoms with Gasteiger partial charge in [-0.25, -0.2) is 4.68 Å². The smallest absolute Gasteiger partial charge is 0.110 e. The van der Waals surface area contributed by atoms with Crippen LogP contribution in [0.4, 0.5) is 0 Å². The molecule has 2 heterocycles. The van der Waals surface area contributed by atoms with Gasteiger partial charge in [-0.1, -0.05) is 18.2 Å². The second kappa shape index (κ2) is 6.59. The van der Waals surface area contributed by atoms with Crippen LogP contribution in [0, 0.1) is 0 Å². The molecule has 2 aromatic rings. The SMILES string of the molecule is C[C@@H](NC[C@H]1CCC=CO1)c1ccccc1-n1cccn1. The van der Waals surface area contributed by atoms with Crippen LogP contribution in [0.15, 0.2) is 55.1 Å². The third-order valence-corrected chi connectivity index (χ3v) is 3.83. The number of rotatable bonds is 5. The van der Waals surface area contributed by atoms with Crippen LogP contribution in [-0.2, 0) is 4.74 Å². The van der Waals surface area contributed by atoms with Gasteiger partial charge in [-0.15, -0.1) is 0 Å². The fourth-order valence-electron chi connectivity index (χ4n) is 2.63. The van der Waals surface area contributed by atoms with Crippen LogP contribution in [0.25, 0.3) is 5.69 Å². The zero-order valence-corrected chi connectivity index (χ0v) is 12.3. The first-order valence-electron chi connectivity index (χ1n) is 7.47. The Balaban J connectivity index is 1.69. The minimum atomic E-state index is 0.250. The number of para-hydroxylation sites is 1. The molecular weight excluding hydrogens is 262 g/mol. The number of benzene rings is 1. The lowest BCUT2D eigenvalue weighted by Gasteiger charge is -2.23. The van der Waals surface area contributed by atoms with E-state index >= 15 is 0 Å². The highest BCUT2D eigenvalue weighted by Gasteiger charge is 2.15. The summed E-state index contributed by atoms with van der Waals surface area (Å²) in [6, 6.07) is 10.6. The summed E-state index contributed by atoms with van der Waals surface area (Å²) in [5, 5.41) is 7.91. The maximum Gasteiger partial charge on any atom is 0.110 e. The first-order valence-corrected chi connectivity index (χ1v) is 7.47. The predicted octanol–water partition coefficient (Wildman–Crippen LogP) is 3.22. The summed E-state index contributed by atoms with van der Waals surface area (Å²) in [6.07, 6.45) is 10.1. The van der Waals surface area contributed by atoms with Crippen LogP contribution in [0.2, 0.25) is 0 Å². The first kappa shape index (κ1) is 13.9. The molecular formula is C17H21N3O. The molecule has 1 aromatic carbocycles. The lowest BCUT2D eigenvalue weighted by Crippen LogP contribution is -2.31. The molecule has 0 unspecified atom stereocenters. The fraction of sp³-hybridized carbons (Fsp3) is 0.353. The minimum Gasteiger partial charge on any atom is -0.497 e. The molecule has 4 nitrogen and oxygen atoms in total. The van der Waals surface area contributed by atoms with Crippen molar-refractivity contribution in [1.82, 2.24) is 15.1 Å². The van der Waals surface area contributed by atoms with E-state index in [9.17, 15) is 0 Å². The van der Waals surface area contributed by atoms with Crippen LogP contribution in [0.3, 0.4) is 0 Å². The fourth-order valence-corrected chi connectivity index (χ4v) is 2.63. The summed E-state index contributed by atoms with van der Waals surface area (Å²) >= 11 is 0. The number of hydrogen-bond donors (Lipinski definition) is 1. The first-order chi connectivity index (χ1) is 10.3. The number of aromatic nitrogens is 2. The van der Waals surface area contributed by atoms with E-state index in [1.807, 2.05) is 29.3 Å². The van der Waals surface area contributed by atoms with E-state index in [0.29, 0.717) is 0 Å². The van der Waals surface area contributed by atoms with Crippen molar-refractivity contribution in [3.8, 4) is 5.69 Å². The Kier molecular flexibility index (Phi) is 4.36. The van der Waals surface area contributed by atoms with Crippen LogP contribution in [0.5, 0.6) is 0 Å². The van der Waals surface area contributed by atoms with Crippen molar-refractivity contribution in [2.24, 2.45) is 0 Å². The third-order valence-electron chi connectivity index (χ3n) is 3.83. The predicted molar refractivity (Wildman–Crippen MR) is 83.2 cm³/mol. The summed E-state index contributed by atoms with van der Waals surface area (Å²) in [5.41, 5.74) is 2.36. The molecule has 110 valence electrons. The Morgan fingerprint density at radius 2 is 2.29 bits per heavy atom. The topological polar surface area (TPSA) is 39.1 Å². The van der Waals surface area contributed by atoms with E-state index in [1.165, 1.54) is 5.56 Å². The highest BCUT2D eigenvalue weighted by molar-refractivity contribution is 5.42. The molecule has 0 amide bonds. The van der Waals surface area contributed by atoms with Crippen LogP contribution >= 0.6 is 0 Å². The monoisotopic (exact) mass is 283 g/mol. The van der Waals surface area contributed by atoms with Gasteiger partial charge in [0, 0.05) is 25.0 Å². The van der Waals surface area contributed by atoms with Crippen molar-refractivity contribution in [2.45, 2.75) is 31.9 Å². The summed E-state index contributed by atoms with van der Waals surface area (Å²) < 4.78 is 7.52. The zero-order valence-electron chi connectivity index (χ0n) is 12.3. The maximum atomic E-state index is 5.61. The van der Waals surface area contributed by atoms with E-state index in [0.717, 1.165) is 25.1 Å². The van der Waals surface area contributed by atoms with Gasteiger partial charge in [0.25, 0.3) is 0 Å². The minimum absolute atomic E-state index is 0.250. The number of ether oxygens (including phenoxy) is 1. The summed E-state index contributed by atoms with van der Waals surface area (Å²) in [6.45, 7) is 3.04. The van der Waals surface area contributed by atoms with Gasteiger partial charge in [-0.3, -0.25) is 0 Å². The summed E-state index contributed by atoms with van der Waals surface area (Å²) in [4.78, 5) is 0. The summed E-state index contributed by atoms with van der Waals surface area (Å²) in [5.74, 6) is 0. The van der Waals surface area contributed by atoms with Gasteiger partial charge in [-0.2, -0.15) is 5.10 Å². The van der Waals surface area contributed by atoms with E-state index in [4.69, 9.17) is 4.74 Å². The van der Waals surface area contributed by atoms with Crippen LogP contribution in [-0.4, -0.2) is 22.4 Å². The van der Waals surface area contributed by atoms with Gasteiger partial charge in [0.2, 0.25) is 0 Å². The highest BCUT2D eigenvalue weighted by atomic mass is 16.5. The molecule has 0 radical (unpaired) electrons. The second-order valence-corrected chi connectivity index (χ2v) is 5.35. The van der Waals surface area contributed by atoms with Crippen molar-refractivity contribution in [1.29, 1.82) is 0 Å². The van der Waals surface area contributed by atoms with Crippen molar-refractivity contribution in [3.05, 3.63) is 60.6 Å². The molecule has 0 saturated carbocycles. The Bertz CT molecular complexity index is 592. The Morgan fingerprint density at radius 3 is 3.05 bits per heavy atom. The van der Waals surface area contributed by atoms with E-state index < -0.39 is 0 Å². The Morgan fingerprint density at radius 1 is 1.38 bits per heavy atom. The molecule has 1 aliphatic rings. The molecule has 1 aliphatic heterocycles. The maximum absolute atomic E-state index is 5.61. The van der Waals surface area contributed by atoms with E-state index in [2.05, 4.69) is 41.6 Å². The molecule has 1 aromatic heterocycles. The van der Waals surface area contributed by atoms with Gasteiger partial charge >= 0.3 is 0 Å². The number of nitrogens with one attached hydrogen (secondary N) is 1. The molecule has 3 rings (SSSR count). The lowest BCUT2D eigenvalue weighted by atomic mass is 10.1. The molecule has 21 heavy (non-hydrogen) atoms. The number of allylic oxidation sites excluding steroid dienone is 1. The molecule has 4 heteroatoms. The molecule has 0 aliphatic carbocycles. The van der Waals surface area contributed by atoms with Crippen LogP contribution in [0.1, 0.15) is 31.4 Å². The van der Waals surface area contributed by atoms with Gasteiger partial charge in [0.1, 0.15) is 6.10 Å². The zero-order chi connectivity index (χ0) is 14.5. The van der Waals surface area contributed by atoms with Crippen LogP contribution < -0.4 is 5.32 Å². The van der Waals surface area contributed by atoms with Gasteiger partial charge < -0.3 is 10.1 Å². The van der Waals surface area contributed by atoms with Gasteiger partial charge in [-0.05, 0) is 43.5 Å². The highest BCUT2D eigenvalue weighted by Crippen LogP contribution is 2.21. The quantitative estimate of drug-likeness (QED) is 0.915. The number of nitrogens with zero attached hydrogens (tertiary/aromatic N) is 2. The second-order valence-electron chi connectivity index (χ2n) is 5.35. The third kappa shape index (κ3) is 3.34. The van der Waals surface area contributed by atoms with Crippen molar-refractivity contribution in [2.75, 3.05) is 6.54 Å². The molecule has 1 N–H and O–H groups in total. The summed E-state index contributed by atoms with van der Waals surface area (Å²) in [7, 11) is 0. The Labute approximate surface area is 125 Å². The van der Waals surface area contributed by atoms with Crippen molar-refractivity contribution >= 4 is 0 Å². The number of hydrogen-bond acceptors (Lipinski definition) is 3. The van der Waals surface area contributed by atoms with E-state index in [1.54, 1.807) is 6.20 Å². The normalized spacial score (nSPS) is 19.2. The molecule has 0 fully saturated rings. The van der Waals surface area contributed by atoms with Gasteiger partial charge in [0.05, 0.1) is 11.9 Å². The Hall–Kier alpha value is -2.07. The van der Waals surface area contributed by atoms with E-state index in [-0.39, 0.29) is 12.1 Å². The lowest BCUT2D eigenvalue weighted by molar-refractivity contribution is 0.120. The van der Waals surface area contributed by atoms with Gasteiger partial charge in [0.15, 0.2) is 0 Å². The largest absolute Gasteiger partial charge is 0.497 e. The molecule has 2 atom stereocenters. The molecule has 0 spiro atoms. The molecule has 0 bridgehead atoms. The van der Waals surface area contributed by atoms with Crippen molar-refractivity contribution < 1.29 is 4.74 Å². The average molecular weight is 283 g/mol. The molecule has 0 saturated heterocycles. The standard InChI is InChI=1S/C17H21N3O/c1-14(18-13-15-7-4-5-12-21-15)16-8-2-3-9-17(16)20-11-6-10-19-20/h2-3,5-6,8-12,14-15,18H,4,7,13H2,1H3/t14-,15-/m1/s1. The van der Waals surface area contributed by atoms with Crippen molar-refractivity contribution in [3.63, 3.8) is 0 Å².